The molecule has 1 heterocycles. The Morgan fingerprint density at radius 1 is 1.24 bits per heavy atom. The van der Waals surface area contributed by atoms with Crippen LogP contribution in [0.5, 0.6) is 0 Å². The number of amides is 2. The Morgan fingerprint density at radius 3 is 2.59 bits per heavy atom. The number of nitro benzene ring substituents is 1. The summed E-state index contributed by atoms with van der Waals surface area (Å²) < 4.78 is 0. The van der Waals surface area contributed by atoms with Crippen molar-refractivity contribution in [2.24, 2.45) is 0 Å². The highest BCUT2D eigenvalue weighted by Crippen LogP contribution is 2.15. The Bertz CT molecular complexity index is 877. The summed E-state index contributed by atoms with van der Waals surface area (Å²) >= 11 is 1.35. The minimum absolute atomic E-state index is 0.00336. The van der Waals surface area contributed by atoms with E-state index in [2.05, 4.69) is 10.3 Å². The lowest BCUT2D eigenvalue weighted by atomic mass is 10.2. The number of carbonyl (C=O) groups excluding carboxylic acids is 2. The van der Waals surface area contributed by atoms with E-state index in [4.69, 9.17) is 0 Å². The maximum Gasteiger partial charge on any atom is 0.270 e. The highest BCUT2D eigenvalue weighted by atomic mass is 32.1. The summed E-state index contributed by atoms with van der Waals surface area (Å²) in [7, 11) is 0. The third-order valence-electron chi connectivity index (χ3n) is 3.97. The average Bonchev–Trinajstić information content (AvgIpc) is 3.19. The summed E-state index contributed by atoms with van der Waals surface area (Å²) in [4.78, 5) is 40.8. The Balaban J connectivity index is 2.02. The Labute approximate surface area is 173 Å². The number of nitrogens with zero attached hydrogens (tertiary/aromatic N) is 3. The van der Waals surface area contributed by atoms with Crippen molar-refractivity contribution in [3.8, 4) is 0 Å². The molecule has 154 valence electrons. The summed E-state index contributed by atoms with van der Waals surface area (Å²) in [6.45, 7) is 5.43. The number of nitro groups is 1. The standard InChI is InChI=1S/C20H24N4O4S/c1-3-11-21-20(26)17-14-29-18(22-17)13-23(12-4-2)19(25)10-7-15-5-8-16(9-6-15)24(27)28/h5-10,14H,3-4,11-13H2,1-2H3,(H,21,26)/b10-7+. The van der Waals surface area contributed by atoms with Crippen LogP contribution in [-0.2, 0) is 11.3 Å². The van der Waals surface area contributed by atoms with E-state index in [0.29, 0.717) is 35.9 Å². The average molecular weight is 417 g/mol. The third kappa shape index (κ3) is 6.79. The lowest BCUT2D eigenvalue weighted by Gasteiger charge is -2.19. The van der Waals surface area contributed by atoms with Crippen LogP contribution in [0.25, 0.3) is 6.08 Å². The quantitative estimate of drug-likeness (QED) is 0.362. The van der Waals surface area contributed by atoms with Crippen molar-refractivity contribution in [2.45, 2.75) is 33.2 Å². The van der Waals surface area contributed by atoms with Crippen LogP contribution in [-0.4, -0.2) is 39.7 Å². The van der Waals surface area contributed by atoms with E-state index in [1.165, 1.54) is 29.5 Å². The number of hydrogen-bond donors (Lipinski definition) is 1. The number of rotatable bonds is 10. The highest BCUT2D eigenvalue weighted by Gasteiger charge is 2.15. The van der Waals surface area contributed by atoms with Gasteiger partial charge in [-0.3, -0.25) is 19.7 Å². The van der Waals surface area contributed by atoms with Gasteiger partial charge < -0.3 is 10.2 Å². The lowest BCUT2D eigenvalue weighted by Crippen LogP contribution is -2.30. The highest BCUT2D eigenvalue weighted by molar-refractivity contribution is 7.09. The van der Waals surface area contributed by atoms with Gasteiger partial charge in [-0.15, -0.1) is 11.3 Å². The number of benzene rings is 1. The first-order valence-electron chi connectivity index (χ1n) is 9.38. The molecule has 1 aromatic carbocycles. The van der Waals surface area contributed by atoms with Crippen LogP contribution >= 0.6 is 11.3 Å². The zero-order chi connectivity index (χ0) is 21.2. The molecule has 9 heteroatoms. The number of nitrogens with one attached hydrogen (secondary N) is 1. The Hall–Kier alpha value is -3.07. The van der Waals surface area contributed by atoms with Gasteiger partial charge >= 0.3 is 0 Å². The molecule has 0 fully saturated rings. The van der Waals surface area contributed by atoms with E-state index in [-0.39, 0.29) is 17.5 Å². The zero-order valence-corrected chi connectivity index (χ0v) is 17.3. The van der Waals surface area contributed by atoms with Crippen LogP contribution in [0.15, 0.2) is 35.7 Å². The van der Waals surface area contributed by atoms with Crippen molar-refractivity contribution < 1.29 is 14.5 Å². The Kier molecular flexibility index (Phi) is 8.47. The SMILES string of the molecule is CCCNC(=O)c1csc(CN(CCC)C(=O)/C=C/c2ccc([N+](=O)[O-])cc2)n1. The second-order valence-electron chi connectivity index (χ2n) is 6.32. The third-order valence-corrected chi connectivity index (χ3v) is 4.81. The zero-order valence-electron chi connectivity index (χ0n) is 16.5. The molecular weight excluding hydrogens is 392 g/mol. The van der Waals surface area contributed by atoms with Gasteiger partial charge in [-0.05, 0) is 36.6 Å². The summed E-state index contributed by atoms with van der Waals surface area (Å²) in [5.74, 6) is -0.391. The molecule has 0 radical (unpaired) electrons. The van der Waals surface area contributed by atoms with Crippen LogP contribution in [0.4, 0.5) is 5.69 Å². The molecule has 1 aromatic heterocycles. The first-order valence-corrected chi connectivity index (χ1v) is 10.3. The normalized spacial score (nSPS) is 10.8. The fourth-order valence-corrected chi connectivity index (χ4v) is 3.29. The molecule has 0 saturated carbocycles. The molecule has 0 aliphatic carbocycles. The molecule has 2 aromatic rings. The molecule has 29 heavy (non-hydrogen) atoms. The van der Waals surface area contributed by atoms with E-state index >= 15 is 0 Å². The molecule has 0 aliphatic rings. The van der Waals surface area contributed by atoms with Crippen LogP contribution in [0.1, 0.15) is 47.7 Å². The van der Waals surface area contributed by atoms with Crippen molar-refractivity contribution in [3.63, 3.8) is 0 Å². The molecule has 0 atom stereocenters. The number of hydrogen-bond acceptors (Lipinski definition) is 6. The molecule has 2 rings (SSSR count). The van der Waals surface area contributed by atoms with Gasteiger partial charge in [0.2, 0.25) is 5.91 Å². The van der Waals surface area contributed by atoms with Gasteiger partial charge in [0.1, 0.15) is 10.7 Å². The molecule has 0 saturated heterocycles. The first-order chi connectivity index (χ1) is 13.9. The van der Waals surface area contributed by atoms with E-state index in [0.717, 1.165) is 12.8 Å². The summed E-state index contributed by atoms with van der Waals surface area (Å²) in [5.41, 5.74) is 1.07. The smallest absolute Gasteiger partial charge is 0.270 e. The predicted octanol–water partition coefficient (Wildman–Crippen LogP) is 3.64. The summed E-state index contributed by atoms with van der Waals surface area (Å²) in [6, 6.07) is 5.98. The van der Waals surface area contributed by atoms with Crippen molar-refractivity contribution in [2.75, 3.05) is 13.1 Å². The fourth-order valence-electron chi connectivity index (χ4n) is 2.50. The Morgan fingerprint density at radius 2 is 1.97 bits per heavy atom. The van der Waals surface area contributed by atoms with E-state index < -0.39 is 4.92 Å². The van der Waals surface area contributed by atoms with Crippen LogP contribution in [0.3, 0.4) is 0 Å². The molecular formula is C20H24N4O4S. The fraction of sp³-hybridized carbons (Fsp3) is 0.350. The number of non-ortho nitro benzene ring substituents is 1. The molecule has 0 aliphatic heterocycles. The van der Waals surface area contributed by atoms with Gasteiger partial charge in [0, 0.05) is 36.7 Å². The minimum Gasteiger partial charge on any atom is -0.351 e. The summed E-state index contributed by atoms with van der Waals surface area (Å²) in [5, 5.41) is 15.9. The van der Waals surface area contributed by atoms with Crippen molar-refractivity contribution in [1.82, 2.24) is 15.2 Å². The monoisotopic (exact) mass is 416 g/mol. The molecule has 1 N–H and O–H groups in total. The minimum atomic E-state index is -0.466. The summed E-state index contributed by atoms with van der Waals surface area (Å²) in [6.07, 6.45) is 4.70. The number of aromatic nitrogens is 1. The largest absolute Gasteiger partial charge is 0.351 e. The molecule has 0 unspecified atom stereocenters. The predicted molar refractivity (Wildman–Crippen MR) is 113 cm³/mol. The number of thiazole rings is 1. The van der Waals surface area contributed by atoms with Crippen molar-refractivity contribution >= 4 is 34.9 Å². The molecule has 0 bridgehead atoms. The van der Waals surface area contributed by atoms with Gasteiger partial charge in [0.05, 0.1) is 11.5 Å². The first kappa shape index (κ1) is 22.2. The number of carbonyl (C=O) groups is 2. The second kappa shape index (κ2) is 11.1. The molecule has 0 spiro atoms. The van der Waals surface area contributed by atoms with Gasteiger partial charge in [0.15, 0.2) is 0 Å². The van der Waals surface area contributed by atoms with Crippen LogP contribution in [0, 0.1) is 10.1 Å². The van der Waals surface area contributed by atoms with Crippen molar-refractivity contribution in [1.29, 1.82) is 0 Å². The van der Waals surface area contributed by atoms with Crippen molar-refractivity contribution in [3.05, 3.63) is 62.1 Å². The molecule has 2 amide bonds. The van der Waals surface area contributed by atoms with Crippen LogP contribution < -0.4 is 5.32 Å². The van der Waals surface area contributed by atoms with Crippen LogP contribution in [0.2, 0.25) is 0 Å². The second-order valence-corrected chi connectivity index (χ2v) is 7.27. The maximum atomic E-state index is 12.6. The van der Waals surface area contributed by atoms with Gasteiger partial charge in [0.25, 0.3) is 11.6 Å². The maximum absolute atomic E-state index is 12.6. The lowest BCUT2D eigenvalue weighted by molar-refractivity contribution is -0.384. The van der Waals surface area contributed by atoms with Gasteiger partial charge in [-0.1, -0.05) is 13.8 Å². The van der Waals surface area contributed by atoms with E-state index in [1.807, 2.05) is 13.8 Å². The van der Waals surface area contributed by atoms with Gasteiger partial charge in [-0.25, -0.2) is 4.98 Å². The topological polar surface area (TPSA) is 105 Å². The van der Waals surface area contributed by atoms with E-state index in [1.54, 1.807) is 28.5 Å². The van der Waals surface area contributed by atoms with Gasteiger partial charge in [-0.2, -0.15) is 0 Å². The van der Waals surface area contributed by atoms with E-state index in [9.17, 15) is 19.7 Å². The molecule has 8 nitrogen and oxygen atoms in total.